The highest BCUT2D eigenvalue weighted by Gasteiger charge is 2.22. The lowest BCUT2D eigenvalue weighted by Gasteiger charge is -2.29. The van der Waals surface area contributed by atoms with Gasteiger partial charge >= 0.3 is 5.97 Å². The molecule has 6 heteroatoms. The molecule has 2 amide bonds. The summed E-state index contributed by atoms with van der Waals surface area (Å²) in [6, 6.07) is 14.8. The fourth-order valence-electron chi connectivity index (χ4n) is 3.10. The van der Waals surface area contributed by atoms with Gasteiger partial charge in [0.05, 0.1) is 0 Å². The van der Waals surface area contributed by atoms with Crippen molar-refractivity contribution >= 4 is 35.2 Å². The van der Waals surface area contributed by atoms with Crippen LogP contribution in [-0.4, -0.2) is 30.9 Å². The van der Waals surface area contributed by atoms with Crippen LogP contribution in [0, 0.1) is 0 Å². The number of ether oxygens (including phenoxy) is 1. The van der Waals surface area contributed by atoms with Gasteiger partial charge in [-0.3, -0.25) is 9.59 Å². The summed E-state index contributed by atoms with van der Waals surface area (Å²) in [5.74, 6) is -0.953. The largest absolute Gasteiger partial charge is 0.452 e. The molecule has 1 N–H and O–H groups in total. The van der Waals surface area contributed by atoms with E-state index in [4.69, 9.17) is 4.74 Å². The number of nitrogens with one attached hydrogen (secondary N) is 1. The van der Waals surface area contributed by atoms with Gasteiger partial charge in [0.1, 0.15) is 0 Å². The SMILES string of the molecule is CC(=O)Nc1ccc(/C=C/C(=O)OCC(=O)N2CCCc3ccccc32)cc1. The molecule has 1 heterocycles. The maximum Gasteiger partial charge on any atom is 0.331 e. The van der Waals surface area contributed by atoms with E-state index in [9.17, 15) is 14.4 Å². The third-order valence-corrected chi connectivity index (χ3v) is 4.39. The first kappa shape index (κ1) is 19.4. The molecule has 0 saturated heterocycles. The number of rotatable bonds is 5. The molecule has 0 fully saturated rings. The van der Waals surface area contributed by atoms with E-state index in [1.807, 2.05) is 24.3 Å². The van der Waals surface area contributed by atoms with Crippen LogP contribution in [-0.2, 0) is 25.5 Å². The van der Waals surface area contributed by atoms with Gasteiger partial charge in [-0.25, -0.2) is 4.79 Å². The number of carbonyl (C=O) groups excluding carboxylic acids is 3. The molecule has 0 bridgehead atoms. The number of fused-ring (bicyclic) bond motifs is 1. The molecule has 0 aromatic heterocycles. The molecular formula is C22H22N2O4. The Morgan fingerprint density at radius 3 is 2.61 bits per heavy atom. The number of hydrogen-bond acceptors (Lipinski definition) is 4. The van der Waals surface area contributed by atoms with E-state index in [1.54, 1.807) is 35.2 Å². The van der Waals surface area contributed by atoms with Gasteiger partial charge in [-0.05, 0) is 48.2 Å². The zero-order valence-electron chi connectivity index (χ0n) is 15.7. The van der Waals surface area contributed by atoms with Crippen LogP contribution in [0.15, 0.2) is 54.6 Å². The number of aryl methyl sites for hydroxylation is 1. The highest BCUT2D eigenvalue weighted by atomic mass is 16.5. The van der Waals surface area contributed by atoms with Crippen LogP contribution >= 0.6 is 0 Å². The van der Waals surface area contributed by atoms with Gasteiger partial charge in [0, 0.05) is 30.9 Å². The fourth-order valence-corrected chi connectivity index (χ4v) is 3.10. The highest BCUT2D eigenvalue weighted by Crippen LogP contribution is 2.26. The van der Waals surface area contributed by atoms with E-state index in [2.05, 4.69) is 5.32 Å². The summed E-state index contributed by atoms with van der Waals surface area (Å²) in [7, 11) is 0. The number of benzene rings is 2. The predicted octanol–water partition coefficient (Wildman–Crippen LogP) is 3.18. The standard InChI is InChI=1S/C22H22N2O4/c1-16(25)23-19-11-8-17(9-12-19)10-13-22(27)28-15-21(26)24-14-4-6-18-5-2-3-7-20(18)24/h2-3,5,7-13H,4,6,14-15H2,1H3,(H,23,25)/b13-10+. The second-order valence-corrected chi connectivity index (χ2v) is 6.52. The topological polar surface area (TPSA) is 75.7 Å². The van der Waals surface area contributed by atoms with Crippen LogP contribution in [0.2, 0.25) is 0 Å². The molecule has 28 heavy (non-hydrogen) atoms. The molecule has 0 aliphatic carbocycles. The zero-order chi connectivity index (χ0) is 19.9. The molecule has 2 aromatic rings. The Bertz CT molecular complexity index is 903. The van der Waals surface area contributed by atoms with Crippen molar-refractivity contribution in [1.82, 2.24) is 0 Å². The van der Waals surface area contributed by atoms with Gasteiger partial charge in [-0.2, -0.15) is 0 Å². The molecule has 144 valence electrons. The van der Waals surface area contributed by atoms with Crippen molar-refractivity contribution in [3.05, 3.63) is 65.7 Å². The molecule has 0 unspecified atom stereocenters. The van der Waals surface area contributed by atoms with E-state index in [0.29, 0.717) is 12.2 Å². The van der Waals surface area contributed by atoms with Gasteiger partial charge < -0.3 is 15.0 Å². The number of nitrogens with zero attached hydrogens (tertiary/aromatic N) is 1. The summed E-state index contributed by atoms with van der Waals surface area (Å²) < 4.78 is 5.10. The number of amides is 2. The van der Waals surface area contributed by atoms with Crippen LogP contribution in [0.5, 0.6) is 0 Å². The van der Waals surface area contributed by atoms with Crippen molar-refractivity contribution in [3.63, 3.8) is 0 Å². The summed E-state index contributed by atoms with van der Waals surface area (Å²) in [5.41, 5.74) is 3.49. The summed E-state index contributed by atoms with van der Waals surface area (Å²) in [4.78, 5) is 37.1. The number of anilines is 2. The Hall–Kier alpha value is -3.41. The maximum atomic E-state index is 12.5. The first-order valence-corrected chi connectivity index (χ1v) is 9.14. The lowest BCUT2D eigenvalue weighted by atomic mass is 10.0. The number of esters is 1. The smallest absolute Gasteiger partial charge is 0.331 e. The van der Waals surface area contributed by atoms with Crippen LogP contribution < -0.4 is 10.2 Å². The summed E-state index contributed by atoms with van der Waals surface area (Å²) in [6.45, 7) is 1.77. The molecule has 1 aliphatic heterocycles. The van der Waals surface area contributed by atoms with Crippen LogP contribution in [0.25, 0.3) is 6.08 Å². The lowest BCUT2D eigenvalue weighted by molar-refractivity contribution is -0.142. The minimum absolute atomic E-state index is 0.145. The van der Waals surface area contributed by atoms with Gasteiger partial charge in [0.2, 0.25) is 5.91 Å². The Balaban J connectivity index is 1.52. The van der Waals surface area contributed by atoms with Crippen molar-refractivity contribution in [3.8, 4) is 0 Å². The van der Waals surface area contributed by atoms with Crippen LogP contribution in [0.3, 0.4) is 0 Å². The summed E-state index contributed by atoms with van der Waals surface area (Å²) >= 11 is 0. The van der Waals surface area contributed by atoms with Crippen LogP contribution in [0.4, 0.5) is 11.4 Å². The summed E-state index contributed by atoms with van der Waals surface area (Å²) in [6.07, 6.45) is 4.72. The lowest BCUT2D eigenvalue weighted by Crippen LogP contribution is -2.38. The van der Waals surface area contributed by atoms with E-state index in [0.717, 1.165) is 29.7 Å². The Morgan fingerprint density at radius 1 is 1.11 bits per heavy atom. The third-order valence-electron chi connectivity index (χ3n) is 4.39. The van der Waals surface area contributed by atoms with Gasteiger partial charge in [0.25, 0.3) is 5.91 Å². The predicted molar refractivity (Wildman–Crippen MR) is 108 cm³/mol. The highest BCUT2D eigenvalue weighted by molar-refractivity contribution is 5.97. The average molecular weight is 378 g/mol. The molecule has 0 spiro atoms. The van der Waals surface area contributed by atoms with Crippen molar-refractivity contribution in [2.45, 2.75) is 19.8 Å². The molecule has 0 atom stereocenters. The first-order valence-electron chi connectivity index (χ1n) is 9.14. The van der Waals surface area contributed by atoms with E-state index in [-0.39, 0.29) is 18.4 Å². The zero-order valence-corrected chi connectivity index (χ0v) is 15.7. The average Bonchev–Trinajstić information content (AvgIpc) is 2.70. The van der Waals surface area contributed by atoms with Crippen molar-refractivity contribution in [2.75, 3.05) is 23.4 Å². The Labute approximate surface area is 163 Å². The second kappa shape index (κ2) is 8.99. The Kier molecular flexibility index (Phi) is 6.22. The molecule has 1 aliphatic rings. The first-order chi connectivity index (χ1) is 13.5. The number of para-hydroxylation sites is 1. The molecule has 2 aromatic carbocycles. The van der Waals surface area contributed by atoms with E-state index >= 15 is 0 Å². The maximum absolute atomic E-state index is 12.5. The van der Waals surface area contributed by atoms with Crippen molar-refractivity contribution < 1.29 is 19.1 Å². The minimum atomic E-state index is -0.579. The van der Waals surface area contributed by atoms with Gasteiger partial charge in [-0.1, -0.05) is 30.3 Å². The van der Waals surface area contributed by atoms with E-state index in [1.165, 1.54) is 13.0 Å². The van der Waals surface area contributed by atoms with Crippen LogP contribution in [0.1, 0.15) is 24.5 Å². The van der Waals surface area contributed by atoms with Gasteiger partial charge in [0.15, 0.2) is 6.61 Å². The second-order valence-electron chi connectivity index (χ2n) is 6.52. The molecule has 0 saturated carbocycles. The molecule has 6 nitrogen and oxygen atoms in total. The molecule has 3 rings (SSSR count). The third kappa shape index (κ3) is 5.07. The normalized spacial score (nSPS) is 13.1. The number of hydrogen-bond donors (Lipinski definition) is 1. The quantitative estimate of drug-likeness (QED) is 0.640. The molecule has 0 radical (unpaired) electrons. The van der Waals surface area contributed by atoms with E-state index < -0.39 is 5.97 Å². The minimum Gasteiger partial charge on any atom is -0.452 e. The number of carbonyl (C=O) groups is 3. The van der Waals surface area contributed by atoms with Gasteiger partial charge in [-0.15, -0.1) is 0 Å². The summed E-state index contributed by atoms with van der Waals surface area (Å²) in [5, 5.41) is 2.67. The molecular weight excluding hydrogens is 356 g/mol. The fraction of sp³-hybridized carbons (Fsp3) is 0.227. The van der Waals surface area contributed by atoms with Crippen molar-refractivity contribution in [2.24, 2.45) is 0 Å². The monoisotopic (exact) mass is 378 g/mol. The van der Waals surface area contributed by atoms with Crippen molar-refractivity contribution in [1.29, 1.82) is 0 Å². The Morgan fingerprint density at radius 2 is 1.86 bits per heavy atom.